The summed E-state index contributed by atoms with van der Waals surface area (Å²) in [6.45, 7) is 0. The molecule has 0 bridgehead atoms. The first-order valence-corrected chi connectivity index (χ1v) is 5.38. The van der Waals surface area contributed by atoms with Crippen LogP contribution in [0.3, 0.4) is 0 Å². The third-order valence-electron chi connectivity index (χ3n) is 2.42. The molecule has 0 amide bonds. The molecule has 0 saturated heterocycles. The highest BCUT2D eigenvalue weighted by Crippen LogP contribution is 2.27. The van der Waals surface area contributed by atoms with Crippen LogP contribution in [0.4, 0.5) is 4.39 Å². The Hall–Kier alpha value is -2.01. The molecule has 5 heteroatoms. The summed E-state index contributed by atoms with van der Waals surface area (Å²) >= 11 is 5.11. The van der Waals surface area contributed by atoms with Crippen molar-refractivity contribution in [1.29, 1.82) is 0 Å². The van der Waals surface area contributed by atoms with Crippen molar-refractivity contribution >= 4 is 23.2 Å². The van der Waals surface area contributed by atoms with Gasteiger partial charge >= 0.3 is 0 Å². The molecule has 17 heavy (non-hydrogen) atoms. The van der Waals surface area contributed by atoms with Crippen molar-refractivity contribution in [3.05, 3.63) is 47.1 Å². The van der Waals surface area contributed by atoms with Gasteiger partial charge in [-0.25, -0.2) is 9.37 Å². The molecule has 3 rings (SSSR count). The molecule has 0 radical (unpaired) electrons. The molecule has 0 fully saturated rings. The van der Waals surface area contributed by atoms with Gasteiger partial charge in [-0.1, -0.05) is 12.2 Å². The maximum atomic E-state index is 13.0. The van der Waals surface area contributed by atoms with E-state index in [4.69, 9.17) is 16.6 Å². The van der Waals surface area contributed by atoms with E-state index < -0.39 is 0 Å². The molecule has 0 spiro atoms. The van der Waals surface area contributed by atoms with Crippen molar-refractivity contribution in [2.75, 3.05) is 0 Å². The van der Waals surface area contributed by atoms with Gasteiger partial charge in [-0.15, -0.1) is 0 Å². The van der Waals surface area contributed by atoms with Gasteiger partial charge in [-0.2, -0.15) is 0 Å². The lowest BCUT2D eigenvalue weighted by molar-refractivity contribution is 0.617. The van der Waals surface area contributed by atoms with E-state index in [0.717, 1.165) is 0 Å². The van der Waals surface area contributed by atoms with Crippen LogP contribution in [0, 0.1) is 10.5 Å². The fourth-order valence-electron chi connectivity index (χ4n) is 1.66. The first-order chi connectivity index (χ1) is 8.24. The summed E-state index contributed by atoms with van der Waals surface area (Å²) in [5.74, 6) is 0.239. The number of H-pyrrole nitrogens is 1. The normalized spacial score (nSPS) is 10.9. The van der Waals surface area contributed by atoms with E-state index in [1.54, 1.807) is 24.5 Å². The Balaban J connectivity index is 2.25. The molecule has 0 aliphatic heterocycles. The number of halogens is 1. The Bertz CT molecular complexity index is 747. The fraction of sp³-hybridized carbons (Fsp3) is 0. The van der Waals surface area contributed by atoms with Gasteiger partial charge in [0.05, 0.1) is 0 Å². The second-order valence-corrected chi connectivity index (χ2v) is 3.97. The maximum absolute atomic E-state index is 13.0. The summed E-state index contributed by atoms with van der Waals surface area (Å²) in [7, 11) is 0. The highest BCUT2D eigenvalue weighted by atomic mass is 32.1. The van der Waals surface area contributed by atoms with Crippen LogP contribution in [-0.2, 0) is 0 Å². The van der Waals surface area contributed by atoms with Crippen LogP contribution in [0.25, 0.3) is 22.4 Å². The molecule has 0 aliphatic carbocycles. The van der Waals surface area contributed by atoms with Crippen LogP contribution in [0.5, 0.6) is 0 Å². The van der Waals surface area contributed by atoms with Crippen molar-refractivity contribution in [3.63, 3.8) is 0 Å². The molecule has 3 aromatic rings. The molecule has 2 heterocycles. The number of nitrogens with zero attached hydrogens (tertiary/aromatic N) is 1. The lowest BCUT2D eigenvalue weighted by Gasteiger charge is -1.93. The zero-order chi connectivity index (χ0) is 11.8. The third kappa shape index (κ3) is 1.74. The Morgan fingerprint density at radius 2 is 2.18 bits per heavy atom. The first kappa shape index (κ1) is 10.2. The van der Waals surface area contributed by atoms with E-state index in [2.05, 4.69) is 9.97 Å². The molecule has 1 aromatic carbocycles. The summed E-state index contributed by atoms with van der Waals surface area (Å²) in [6, 6.07) is 6.08. The van der Waals surface area contributed by atoms with Crippen molar-refractivity contribution in [2.24, 2.45) is 0 Å². The zero-order valence-corrected chi connectivity index (χ0v) is 9.42. The number of hydrogen-bond acceptors (Lipinski definition) is 3. The second kappa shape index (κ2) is 3.78. The average Bonchev–Trinajstić information content (AvgIpc) is 2.72. The first-order valence-electron chi connectivity index (χ1n) is 4.97. The van der Waals surface area contributed by atoms with Gasteiger partial charge in [0.15, 0.2) is 5.76 Å². The summed E-state index contributed by atoms with van der Waals surface area (Å²) in [6.07, 6.45) is 3.24. The van der Waals surface area contributed by atoms with Crippen LogP contribution in [0.15, 0.2) is 41.1 Å². The molecule has 3 nitrogen and oxygen atoms in total. The fourth-order valence-corrected chi connectivity index (χ4v) is 1.88. The van der Waals surface area contributed by atoms with Crippen molar-refractivity contribution < 1.29 is 8.81 Å². The van der Waals surface area contributed by atoms with Gasteiger partial charge in [-0.3, -0.25) is 0 Å². The molecule has 84 valence electrons. The molecule has 0 aliphatic rings. The summed E-state index contributed by atoms with van der Waals surface area (Å²) in [4.78, 5) is 7.02. The summed E-state index contributed by atoms with van der Waals surface area (Å²) in [5.41, 5.74) is 1.17. The zero-order valence-electron chi connectivity index (χ0n) is 8.61. The number of hydrogen-bond donors (Lipinski definition) is 1. The molecular weight excluding hydrogens is 239 g/mol. The smallest absolute Gasteiger partial charge is 0.156 e. The number of furan rings is 1. The quantitative estimate of drug-likeness (QED) is 0.666. The number of aromatic nitrogens is 2. The Morgan fingerprint density at radius 3 is 3.00 bits per heavy atom. The molecular formula is C12H7FN2OS. The van der Waals surface area contributed by atoms with Crippen molar-refractivity contribution in [1.82, 2.24) is 9.97 Å². The van der Waals surface area contributed by atoms with Crippen LogP contribution in [-0.4, -0.2) is 9.97 Å². The van der Waals surface area contributed by atoms with Gasteiger partial charge in [0.1, 0.15) is 21.7 Å². The standard InChI is InChI=1S/C12H7FN2OS/c13-8-1-2-9-7(5-8)6-10(16-9)11-12(17)15-4-3-14-11/h1-6H,(H,15,17). The minimum Gasteiger partial charge on any atom is -0.454 e. The van der Waals surface area contributed by atoms with E-state index in [1.165, 1.54) is 12.1 Å². The molecule has 0 unspecified atom stereocenters. The molecule has 0 atom stereocenters. The molecule has 2 aromatic heterocycles. The predicted octanol–water partition coefficient (Wildman–Crippen LogP) is 3.69. The lowest BCUT2D eigenvalue weighted by Crippen LogP contribution is -1.84. The third-order valence-corrected chi connectivity index (χ3v) is 2.73. The average molecular weight is 246 g/mol. The predicted molar refractivity (Wildman–Crippen MR) is 64.6 cm³/mol. The van der Waals surface area contributed by atoms with E-state index in [1.807, 2.05) is 0 Å². The number of fused-ring (bicyclic) bond motifs is 1. The van der Waals surface area contributed by atoms with Crippen LogP contribution in [0.1, 0.15) is 0 Å². The lowest BCUT2D eigenvalue weighted by atomic mass is 10.2. The minimum atomic E-state index is -0.295. The van der Waals surface area contributed by atoms with E-state index >= 15 is 0 Å². The highest BCUT2D eigenvalue weighted by molar-refractivity contribution is 7.71. The number of rotatable bonds is 1. The highest BCUT2D eigenvalue weighted by Gasteiger charge is 2.09. The Labute approximate surface area is 101 Å². The summed E-state index contributed by atoms with van der Waals surface area (Å²) in [5, 5.41) is 0.694. The Kier molecular flexibility index (Phi) is 2.26. The molecule has 1 N–H and O–H groups in total. The van der Waals surface area contributed by atoms with Crippen molar-refractivity contribution in [3.8, 4) is 11.5 Å². The second-order valence-electron chi connectivity index (χ2n) is 3.56. The van der Waals surface area contributed by atoms with Gasteiger partial charge < -0.3 is 9.40 Å². The monoisotopic (exact) mass is 246 g/mol. The topological polar surface area (TPSA) is 41.8 Å². The number of aromatic amines is 1. The van der Waals surface area contributed by atoms with Crippen LogP contribution in [0.2, 0.25) is 0 Å². The SMILES string of the molecule is Fc1ccc2oc(-c3ncc[nH]c3=S)cc2c1. The van der Waals surface area contributed by atoms with Gasteiger partial charge in [-0.05, 0) is 24.3 Å². The Morgan fingerprint density at radius 1 is 1.29 bits per heavy atom. The van der Waals surface area contributed by atoms with Gasteiger partial charge in [0.2, 0.25) is 0 Å². The van der Waals surface area contributed by atoms with Crippen LogP contribution >= 0.6 is 12.2 Å². The molecule has 0 saturated carbocycles. The van der Waals surface area contributed by atoms with Gasteiger partial charge in [0.25, 0.3) is 0 Å². The number of nitrogens with one attached hydrogen (secondary N) is 1. The largest absolute Gasteiger partial charge is 0.454 e. The summed E-state index contributed by atoms with van der Waals surface area (Å²) < 4.78 is 19.1. The van der Waals surface area contributed by atoms with E-state index in [-0.39, 0.29) is 5.82 Å². The van der Waals surface area contributed by atoms with E-state index in [9.17, 15) is 4.39 Å². The van der Waals surface area contributed by atoms with E-state index in [0.29, 0.717) is 27.1 Å². The van der Waals surface area contributed by atoms with Crippen molar-refractivity contribution in [2.45, 2.75) is 0 Å². The van der Waals surface area contributed by atoms with Gasteiger partial charge in [0, 0.05) is 17.8 Å². The minimum absolute atomic E-state index is 0.295. The number of benzene rings is 1. The maximum Gasteiger partial charge on any atom is 0.156 e. The van der Waals surface area contributed by atoms with Crippen LogP contribution < -0.4 is 0 Å².